The van der Waals surface area contributed by atoms with Crippen molar-refractivity contribution in [1.29, 1.82) is 0 Å². The van der Waals surface area contributed by atoms with Gasteiger partial charge in [-0.25, -0.2) is 4.79 Å². The minimum atomic E-state index is -0.497. The Hall–Kier alpha value is -1.59. The summed E-state index contributed by atoms with van der Waals surface area (Å²) in [5.74, 6) is 0. The van der Waals surface area contributed by atoms with Gasteiger partial charge in [0.15, 0.2) is 0 Å². The van der Waals surface area contributed by atoms with Crippen LogP contribution in [0, 0.1) is 0 Å². The van der Waals surface area contributed by atoms with Crippen LogP contribution in [0.4, 0.5) is 4.79 Å². The summed E-state index contributed by atoms with van der Waals surface area (Å²) in [4.78, 5) is 14.1. The second-order valence-electron chi connectivity index (χ2n) is 6.21. The van der Waals surface area contributed by atoms with E-state index in [2.05, 4.69) is 0 Å². The van der Waals surface area contributed by atoms with Gasteiger partial charge in [-0.3, -0.25) is 4.90 Å². The number of ether oxygens (including phenoxy) is 2. The third-order valence-electron chi connectivity index (χ3n) is 3.36. The highest BCUT2D eigenvalue weighted by Gasteiger charge is 2.31. The standard InChI is InChI=1S/C16H24N2O3/c1-16(2,3)21-15(19)18-8-9-20-11-14(18)13-6-4-12(10-17)5-7-13/h4-7,14H,8-11,17H2,1-3H3/t14-/m0/s1. The van der Waals surface area contributed by atoms with E-state index in [0.717, 1.165) is 11.1 Å². The zero-order valence-corrected chi connectivity index (χ0v) is 13.0. The normalized spacial score (nSPS) is 19.4. The third-order valence-corrected chi connectivity index (χ3v) is 3.36. The molecule has 1 aliphatic heterocycles. The molecular formula is C16H24N2O3. The van der Waals surface area contributed by atoms with Crippen LogP contribution in [0.2, 0.25) is 0 Å². The summed E-state index contributed by atoms with van der Waals surface area (Å²) in [6.45, 7) is 7.69. The zero-order chi connectivity index (χ0) is 15.5. The van der Waals surface area contributed by atoms with Gasteiger partial charge < -0.3 is 15.2 Å². The molecule has 5 heteroatoms. The lowest BCUT2D eigenvalue weighted by molar-refractivity contribution is -0.0331. The average molecular weight is 292 g/mol. The van der Waals surface area contributed by atoms with Crippen molar-refractivity contribution in [3.8, 4) is 0 Å². The average Bonchev–Trinajstić information content (AvgIpc) is 2.45. The first-order valence-electron chi connectivity index (χ1n) is 7.27. The van der Waals surface area contributed by atoms with Crippen LogP contribution in [0.5, 0.6) is 0 Å². The molecule has 0 bridgehead atoms. The number of rotatable bonds is 2. The number of benzene rings is 1. The summed E-state index contributed by atoms with van der Waals surface area (Å²) < 4.78 is 11.0. The lowest BCUT2D eigenvalue weighted by Crippen LogP contribution is -2.45. The Morgan fingerprint density at radius 3 is 2.62 bits per heavy atom. The van der Waals surface area contributed by atoms with Crippen LogP contribution >= 0.6 is 0 Å². The molecule has 1 aromatic rings. The lowest BCUT2D eigenvalue weighted by Gasteiger charge is -2.36. The van der Waals surface area contributed by atoms with Gasteiger partial charge in [-0.1, -0.05) is 24.3 Å². The van der Waals surface area contributed by atoms with Crippen molar-refractivity contribution in [1.82, 2.24) is 4.90 Å². The fraction of sp³-hybridized carbons (Fsp3) is 0.562. The predicted molar refractivity (Wildman–Crippen MR) is 80.8 cm³/mol. The number of carbonyl (C=O) groups is 1. The molecule has 116 valence electrons. The molecule has 1 aromatic carbocycles. The minimum Gasteiger partial charge on any atom is -0.444 e. The predicted octanol–water partition coefficient (Wildman–Crippen LogP) is 2.45. The molecule has 1 atom stereocenters. The molecule has 1 heterocycles. The second-order valence-corrected chi connectivity index (χ2v) is 6.21. The van der Waals surface area contributed by atoms with Gasteiger partial charge in [0.2, 0.25) is 0 Å². The van der Waals surface area contributed by atoms with Crippen LogP contribution < -0.4 is 5.73 Å². The van der Waals surface area contributed by atoms with Crippen LogP contribution in [0.25, 0.3) is 0 Å². The number of amides is 1. The Morgan fingerprint density at radius 1 is 1.38 bits per heavy atom. The minimum absolute atomic E-state index is 0.111. The van der Waals surface area contributed by atoms with Crippen LogP contribution in [0.15, 0.2) is 24.3 Å². The largest absolute Gasteiger partial charge is 0.444 e. The number of nitrogens with two attached hydrogens (primary N) is 1. The molecule has 0 unspecified atom stereocenters. The Labute approximate surface area is 126 Å². The highest BCUT2D eigenvalue weighted by molar-refractivity contribution is 5.69. The molecule has 0 aromatic heterocycles. The molecule has 0 saturated carbocycles. The maximum Gasteiger partial charge on any atom is 0.410 e. The maximum atomic E-state index is 12.3. The number of hydrogen-bond acceptors (Lipinski definition) is 4. The maximum absolute atomic E-state index is 12.3. The monoisotopic (exact) mass is 292 g/mol. The van der Waals surface area contributed by atoms with E-state index in [1.165, 1.54) is 0 Å². The van der Waals surface area contributed by atoms with E-state index in [1.54, 1.807) is 4.90 Å². The molecule has 1 aliphatic rings. The Bertz CT molecular complexity index is 479. The summed E-state index contributed by atoms with van der Waals surface area (Å²) in [7, 11) is 0. The Kier molecular flexibility index (Phi) is 4.85. The Morgan fingerprint density at radius 2 is 2.05 bits per heavy atom. The molecule has 5 nitrogen and oxygen atoms in total. The van der Waals surface area contributed by atoms with E-state index in [4.69, 9.17) is 15.2 Å². The van der Waals surface area contributed by atoms with Crippen molar-refractivity contribution in [3.63, 3.8) is 0 Å². The van der Waals surface area contributed by atoms with Crippen LogP contribution in [-0.2, 0) is 16.0 Å². The van der Waals surface area contributed by atoms with E-state index in [1.807, 2.05) is 45.0 Å². The third kappa shape index (κ3) is 4.19. The van der Waals surface area contributed by atoms with Crippen LogP contribution in [0.1, 0.15) is 37.9 Å². The smallest absolute Gasteiger partial charge is 0.410 e. The van der Waals surface area contributed by atoms with Gasteiger partial charge in [-0.05, 0) is 31.9 Å². The van der Waals surface area contributed by atoms with Crippen LogP contribution in [-0.4, -0.2) is 36.4 Å². The molecule has 1 amide bonds. The van der Waals surface area contributed by atoms with E-state index in [9.17, 15) is 4.79 Å². The molecule has 2 rings (SSSR count). The van der Waals surface area contributed by atoms with Gasteiger partial charge in [0.05, 0.1) is 19.3 Å². The topological polar surface area (TPSA) is 64.8 Å². The first-order chi connectivity index (χ1) is 9.90. The van der Waals surface area contributed by atoms with E-state index in [-0.39, 0.29) is 12.1 Å². The summed E-state index contributed by atoms with van der Waals surface area (Å²) in [5, 5.41) is 0. The van der Waals surface area contributed by atoms with Gasteiger partial charge in [-0.2, -0.15) is 0 Å². The molecule has 0 aliphatic carbocycles. The molecule has 1 fully saturated rings. The zero-order valence-electron chi connectivity index (χ0n) is 13.0. The van der Waals surface area contributed by atoms with E-state index >= 15 is 0 Å². The highest BCUT2D eigenvalue weighted by atomic mass is 16.6. The number of morpholine rings is 1. The first-order valence-corrected chi connectivity index (χ1v) is 7.27. The van der Waals surface area contributed by atoms with Crippen molar-refractivity contribution in [3.05, 3.63) is 35.4 Å². The number of nitrogens with zero attached hydrogens (tertiary/aromatic N) is 1. The fourth-order valence-electron chi connectivity index (χ4n) is 2.29. The molecule has 2 N–H and O–H groups in total. The van der Waals surface area contributed by atoms with Crippen molar-refractivity contribution >= 4 is 6.09 Å². The first kappa shape index (κ1) is 15.8. The summed E-state index contributed by atoms with van der Waals surface area (Å²) in [6.07, 6.45) is -0.293. The molecule has 21 heavy (non-hydrogen) atoms. The fourth-order valence-corrected chi connectivity index (χ4v) is 2.29. The van der Waals surface area contributed by atoms with Gasteiger partial charge in [0.1, 0.15) is 5.60 Å². The molecule has 0 spiro atoms. The van der Waals surface area contributed by atoms with Crippen LogP contribution in [0.3, 0.4) is 0 Å². The van der Waals surface area contributed by atoms with Crippen molar-refractivity contribution < 1.29 is 14.3 Å². The van der Waals surface area contributed by atoms with Crippen molar-refractivity contribution in [2.45, 2.75) is 39.0 Å². The molecule has 1 saturated heterocycles. The lowest BCUT2D eigenvalue weighted by atomic mass is 10.0. The molecular weight excluding hydrogens is 268 g/mol. The van der Waals surface area contributed by atoms with Crippen molar-refractivity contribution in [2.75, 3.05) is 19.8 Å². The summed E-state index contributed by atoms with van der Waals surface area (Å²) in [6, 6.07) is 7.85. The van der Waals surface area contributed by atoms with Gasteiger partial charge in [-0.15, -0.1) is 0 Å². The SMILES string of the molecule is CC(C)(C)OC(=O)N1CCOC[C@H]1c1ccc(CN)cc1. The van der Waals surface area contributed by atoms with Gasteiger partial charge in [0.25, 0.3) is 0 Å². The number of carbonyl (C=O) groups excluding carboxylic acids is 1. The van der Waals surface area contributed by atoms with Gasteiger partial charge >= 0.3 is 6.09 Å². The van der Waals surface area contributed by atoms with Crippen molar-refractivity contribution in [2.24, 2.45) is 5.73 Å². The summed E-state index contributed by atoms with van der Waals surface area (Å²) >= 11 is 0. The van der Waals surface area contributed by atoms with E-state index in [0.29, 0.717) is 26.3 Å². The number of hydrogen-bond donors (Lipinski definition) is 1. The molecule has 0 radical (unpaired) electrons. The summed E-state index contributed by atoms with van der Waals surface area (Å²) in [5.41, 5.74) is 7.23. The Balaban J connectivity index is 2.16. The highest BCUT2D eigenvalue weighted by Crippen LogP contribution is 2.26. The van der Waals surface area contributed by atoms with E-state index < -0.39 is 5.60 Å². The van der Waals surface area contributed by atoms with Gasteiger partial charge in [0, 0.05) is 13.1 Å². The second kappa shape index (κ2) is 6.45. The quantitative estimate of drug-likeness (QED) is 0.909.